The summed E-state index contributed by atoms with van der Waals surface area (Å²) in [6.07, 6.45) is 0.551. The highest BCUT2D eigenvalue weighted by atomic mass is 32.2. The minimum Gasteiger partial charge on any atom is -0.480 e. The second kappa shape index (κ2) is 8.06. The number of aliphatic carboxylic acids is 1. The maximum atomic E-state index is 10.1. The first kappa shape index (κ1) is 17.3. The Hall–Kier alpha value is -1.14. The average Bonchev–Trinajstić information content (AvgIpc) is 2.17. The van der Waals surface area contributed by atoms with Gasteiger partial charge in [-0.1, -0.05) is 27.0 Å². The first-order valence-corrected chi connectivity index (χ1v) is 6.25. The Morgan fingerprint density at radius 2 is 1.75 bits per heavy atom. The second-order valence-electron chi connectivity index (χ2n) is 3.50. The van der Waals surface area contributed by atoms with Crippen molar-refractivity contribution in [2.24, 2.45) is 11.7 Å². The van der Waals surface area contributed by atoms with Gasteiger partial charge in [0.2, 0.25) is 0 Å². The van der Waals surface area contributed by atoms with Crippen molar-refractivity contribution < 1.29 is 18.3 Å². The normalized spacial score (nSPS) is 12.2. The molecule has 16 heavy (non-hydrogen) atoms. The van der Waals surface area contributed by atoms with Crippen molar-refractivity contribution in [3.8, 4) is 0 Å². The highest BCUT2D eigenvalue weighted by Crippen LogP contribution is 2.01. The van der Waals surface area contributed by atoms with Gasteiger partial charge in [0.15, 0.2) is 9.84 Å². The van der Waals surface area contributed by atoms with Gasteiger partial charge in [0.05, 0.1) is 0 Å². The minimum absolute atomic E-state index is 0.357. The molecule has 0 aliphatic rings. The number of carboxylic acid groups (broad SMARTS) is 1. The lowest BCUT2D eigenvalue weighted by Gasteiger charge is -2.07. The molecular formula is C10H19NO4S. The Bertz CT molecular complexity index is 319. The van der Waals surface area contributed by atoms with E-state index in [1.165, 1.54) is 0 Å². The highest BCUT2D eigenvalue weighted by Gasteiger charge is 2.11. The second-order valence-corrected chi connectivity index (χ2v) is 5.34. The fourth-order valence-electron chi connectivity index (χ4n) is 0.677. The number of hydrogen-bond donors (Lipinski definition) is 2. The first-order valence-electron chi connectivity index (χ1n) is 4.64. The Balaban J connectivity index is 0. The number of nitrogens with two attached hydrogens (primary N) is 1. The molecule has 0 saturated carbocycles. The summed E-state index contributed by atoms with van der Waals surface area (Å²) in [6.45, 7) is 9.98. The van der Waals surface area contributed by atoms with E-state index in [-0.39, 0.29) is 0 Å². The molecule has 3 N–H and O–H groups in total. The van der Waals surface area contributed by atoms with Crippen LogP contribution in [0.4, 0.5) is 0 Å². The van der Waals surface area contributed by atoms with Crippen LogP contribution < -0.4 is 5.73 Å². The predicted molar refractivity (Wildman–Crippen MR) is 64.4 cm³/mol. The molecule has 0 saturated heterocycles. The number of carboxylic acids is 1. The molecule has 0 amide bonds. The topological polar surface area (TPSA) is 97.5 Å². The van der Waals surface area contributed by atoms with Gasteiger partial charge in [-0.3, -0.25) is 4.79 Å². The Morgan fingerprint density at radius 3 is 1.81 bits per heavy atom. The fourth-order valence-corrected chi connectivity index (χ4v) is 0.813. The van der Waals surface area contributed by atoms with Crippen molar-refractivity contribution in [2.75, 3.05) is 0 Å². The molecule has 1 unspecified atom stereocenters. The SMILES string of the molecule is C=CS(=O)(=O)C=C.CC(C)CC(N)C(=O)O. The summed E-state index contributed by atoms with van der Waals surface area (Å²) in [5.41, 5.74) is 5.22. The van der Waals surface area contributed by atoms with E-state index in [2.05, 4.69) is 13.2 Å². The summed E-state index contributed by atoms with van der Waals surface area (Å²) >= 11 is 0. The van der Waals surface area contributed by atoms with E-state index in [0.717, 1.165) is 10.8 Å². The predicted octanol–water partition coefficient (Wildman–Crippen LogP) is 1.13. The molecular weight excluding hydrogens is 230 g/mol. The average molecular weight is 249 g/mol. The van der Waals surface area contributed by atoms with E-state index in [9.17, 15) is 13.2 Å². The lowest BCUT2D eigenvalue weighted by molar-refractivity contribution is -0.138. The van der Waals surface area contributed by atoms with Crippen LogP contribution in [0.5, 0.6) is 0 Å². The van der Waals surface area contributed by atoms with Gasteiger partial charge in [0, 0.05) is 10.8 Å². The lowest BCUT2D eigenvalue weighted by atomic mass is 10.1. The minimum atomic E-state index is -3.13. The van der Waals surface area contributed by atoms with Crippen LogP contribution in [0.2, 0.25) is 0 Å². The molecule has 1 atom stereocenters. The monoisotopic (exact) mass is 249 g/mol. The van der Waals surface area contributed by atoms with Crippen molar-refractivity contribution >= 4 is 15.8 Å². The van der Waals surface area contributed by atoms with Crippen molar-refractivity contribution in [1.29, 1.82) is 0 Å². The highest BCUT2D eigenvalue weighted by molar-refractivity contribution is 7.97. The maximum absolute atomic E-state index is 10.1. The van der Waals surface area contributed by atoms with Crippen LogP contribution >= 0.6 is 0 Å². The molecule has 0 aromatic carbocycles. The van der Waals surface area contributed by atoms with Crippen LogP contribution in [-0.2, 0) is 14.6 Å². The number of hydrogen-bond acceptors (Lipinski definition) is 4. The summed E-state index contributed by atoms with van der Waals surface area (Å²) in [5, 5.41) is 10.0. The Morgan fingerprint density at radius 1 is 1.38 bits per heavy atom. The van der Waals surface area contributed by atoms with Gasteiger partial charge in [-0.25, -0.2) is 8.42 Å². The molecule has 0 aliphatic heterocycles. The third-order valence-electron chi connectivity index (χ3n) is 1.51. The first-order chi connectivity index (χ1) is 7.16. The fraction of sp³-hybridized carbons (Fsp3) is 0.500. The van der Waals surface area contributed by atoms with Crippen molar-refractivity contribution in [3.05, 3.63) is 24.0 Å². The zero-order valence-corrected chi connectivity index (χ0v) is 10.4. The number of sulfone groups is 1. The number of rotatable bonds is 5. The van der Waals surface area contributed by atoms with Crippen LogP contribution in [0.1, 0.15) is 20.3 Å². The van der Waals surface area contributed by atoms with Crippen molar-refractivity contribution in [3.63, 3.8) is 0 Å². The van der Waals surface area contributed by atoms with Crippen LogP contribution in [0, 0.1) is 5.92 Å². The smallest absolute Gasteiger partial charge is 0.320 e. The molecule has 94 valence electrons. The molecule has 0 aromatic heterocycles. The van der Waals surface area contributed by atoms with Crippen LogP contribution in [0.15, 0.2) is 24.0 Å². The molecule has 0 radical (unpaired) electrons. The third-order valence-corrected chi connectivity index (χ3v) is 2.44. The van der Waals surface area contributed by atoms with Gasteiger partial charge in [0.1, 0.15) is 6.04 Å². The van der Waals surface area contributed by atoms with Gasteiger partial charge in [0.25, 0.3) is 0 Å². The summed E-state index contributed by atoms with van der Waals surface area (Å²) < 4.78 is 20.3. The molecule has 0 aromatic rings. The maximum Gasteiger partial charge on any atom is 0.320 e. The third kappa shape index (κ3) is 10.9. The van der Waals surface area contributed by atoms with Crippen molar-refractivity contribution in [1.82, 2.24) is 0 Å². The van der Waals surface area contributed by atoms with E-state index in [0.29, 0.717) is 12.3 Å². The molecule has 0 bridgehead atoms. The lowest BCUT2D eigenvalue weighted by Crippen LogP contribution is -2.31. The van der Waals surface area contributed by atoms with Crippen molar-refractivity contribution in [2.45, 2.75) is 26.3 Å². The largest absolute Gasteiger partial charge is 0.480 e. The Labute approximate surface area is 96.6 Å². The van der Waals surface area contributed by atoms with E-state index in [4.69, 9.17) is 10.8 Å². The summed E-state index contributed by atoms with van der Waals surface area (Å²) in [7, 11) is -3.13. The van der Waals surface area contributed by atoms with Gasteiger partial charge in [-0.15, -0.1) is 0 Å². The summed E-state index contributed by atoms with van der Waals surface area (Å²) in [4.78, 5) is 10.1. The van der Waals surface area contributed by atoms with Gasteiger partial charge in [-0.2, -0.15) is 0 Å². The molecule has 5 nitrogen and oxygen atoms in total. The van der Waals surface area contributed by atoms with Gasteiger partial charge < -0.3 is 10.8 Å². The van der Waals surface area contributed by atoms with Crippen LogP contribution in [0.25, 0.3) is 0 Å². The van der Waals surface area contributed by atoms with Crippen LogP contribution in [-0.4, -0.2) is 25.5 Å². The summed E-state index contributed by atoms with van der Waals surface area (Å²) in [6, 6.07) is -0.690. The molecule has 6 heteroatoms. The molecule has 0 aliphatic carbocycles. The molecule has 0 spiro atoms. The molecule has 0 heterocycles. The van der Waals surface area contributed by atoms with E-state index in [1.807, 2.05) is 13.8 Å². The van der Waals surface area contributed by atoms with E-state index < -0.39 is 21.8 Å². The van der Waals surface area contributed by atoms with E-state index in [1.54, 1.807) is 0 Å². The van der Waals surface area contributed by atoms with Gasteiger partial charge in [-0.05, 0) is 12.3 Å². The zero-order valence-electron chi connectivity index (χ0n) is 9.59. The Kier molecular flexibility index (Phi) is 8.70. The standard InChI is InChI=1S/C6H13NO2.C4H6O2S/c1-4(2)3-5(7)6(8)9;1-3-7(5,6)4-2/h4-5H,3,7H2,1-2H3,(H,8,9);3-4H,1-2H2. The summed E-state index contributed by atoms with van der Waals surface area (Å²) in [5.74, 6) is -0.556. The number of carbonyl (C=O) groups is 1. The molecule has 0 fully saturated rings. The van der Waals surface area contributed by atoms with Gasteiger partial charge >= 0.3 is 5.97 Å². The quantitative estimate of drug-likeness (QED) is 0.761. The van der Waals surface area contributed by atoms with Crippen LogP contribution in [0.3, 0.4) is 0 Å². The van der Waals surface area contributed by atoms with E-state index >= 15 is 0 Å². The zero-order chi connectivity index (χ0) is 13.4. The molecule has 0 rings (SSSR count).